The first kappa shape index (κ1) is 11.9. The lowest BCUT2D eigenvalue weighted by molar-refractivity contribution is 0.388. The van der Waals surface area contributed by atoms with Crippen LogP contribution in [0.1, 0.15) is 37.9 Å². The molecule has 0 bridgehead atoms. The summed E-state index contributed by atoms with van der Waals surface area (Å²) in [6, 6.07) is 3.83. The second-order valence-electron chi connectivity index (χ2n) is 3.45. The van der Waals surface area contributed by atoms with Crippen LogP contribution in [-0.2, 0) is 0 Å². The van der Waals surface area contributed by atoms with Crippen molar-refractivity contribution in [3.05, 3.63) is 24.0 Å². The molecular weight excluding hydrogens is 190 g/mol. The maximum atomic E-state index is 5.52. The largest absolute Gasteiger partial charge is 0.495 e. The number of unbranched alkanes of at least 4 members (excludes halogenated alkanes) is 1. The van der Waals surface area contributed by atoms with Crippen molar-refractivity contribution >= 4 is 0 Å². The fourth-order valence-electron chi connectivity index (χ4n) is 1.54. The second-order valence-corrected chi connectivity index (χ2v) is 3.45. The first-order valence-corrected chi connectivity index (χ1v) is 5.28. The number of ether oxygens (including phenoxy) is 1. The van der Waals surface area contributed by atoms with Crippen LogP contribution in [0.15, 0.2) is 18.3 Å². The highest BCUT2D eigenvalue weighted by Gasteiger charge is 2.14. The Morgan fingerprint density at radius 2 is 2.40 bits per heavy atom. The van der Waals surface area contributed by atoms with Crippen LogP contribution in [0.4, 0.5) is 0 Å². The average Bonchev–Trinajstić information content (AvgIpc) is 2.30. The lowest BCUT2D eigenvalue weighted by Crippen LogP contribution is -2.29. The quantitative estimate of drug-likeness (QED) is 0.554. The molecule has 1 heterocycles. The molecule has 1 aromatic heterocycles. The Labute approximate surface area is 90.8 Å². The lowest BCUT2D eigenvalue weighted by Gasteiger charge is -2.17. The molecule has 0 saturated carbocycles. The van der Waals surface area contributed by atoms with Crippen LogP contribution in [0.25, 0.3) is 0 Å². The van der Waals surface area contributed by atoms with Crippen molar-refractivity contribution in [3.63, 3.8) is 0 Å². The molecule has 0 aliphatic carbocycles. The highest BCUT2D eigenvalue weighted by Crippen LogP contribution is 2.25. The molecular formula is C11H19N3O. The van der Waals surface area contributed by atoms with Crippen LogP contribution in [0, 0.1) is 0 Å². The third-order valence-electron chi connectivity index (χ3n) is 2.40. The standard InChI is InChI=1S/C11H19N3O/c1-3-4-6-9(14-12)11-10(15-2)7-5-8-13-11/h5,7-9,14H,3-4,6,12H2,1-2H3. The predicted octanol–water partition coefficient (Wildman–Crippen LogP) is 1.78. The van der Waals surface area contributed by atoms with Gasteiger partial charge in [-0.25, -0.2) is 0 Å². The summed E-state index contributed by atoms with van der Waals surface area (Å²) >= 11 is 0. The van der Waals surface area contributed by atoms with E-state index in [9.17, 15) is 0 Å². The summed E-state index contributed by atoms with van der Waals surface area (Å²) in [5.74, 6) is 6.31. The zero-order valence-corrected chi connectivity index (χ0v) is 9.36. The zero-order chi connectivity index (χ0) is 11.1. The lowest BCUT2D eigenvalue weighted by atomic mass is 10.1. The molecule has 1 unspecified atom stereocenters. The average molecular weight is 209 g/mol. The minimum absolute atomic E-state index is 0.0705. The Hall–Kier alpha value is -1.13. The van der Waals surface area contributed by atoms with Gasteiger partial charge in [-0.3, -0.25) is 16.3 Å². The van der Waals surface area contributed by atoms with E-state index in [2.05, 4.69) is 17.3 Å². The number of hydrogen-bond donors (Lipinski definition) is 2. The van der Waals surface area contributed by atoms with Gasteiger partial charge in [0.2, 0.25) is 0 Å². The topological polar surface area (TPSA) is 60.2 Å². The molecule has 1 rings (SSSR count). The van der Waals surface area contributed by atoms with Crippen molar-refractivity contribution in [2.75, 3.05) is 7.11 Å². The third-order valence-corrected chi connectivity index (χ3v) is 2.40. The van der Waals surface area contributed by atoms with E-state index in [1.165, 1.54) is 0 Å². The third kappa shape index (κ3) is 3.18. The molecule has 0 aliphatic rings. The SMILES string of the molecule is CCCCC(NN)c1ncccc1OC. The first-order valence-electron chi connectivity index (χ1n) is 5.28. The summed E-state index contributed by atoms with van der Waals surface area (Å²) in [5, 5.41) is 0. The highest BCUT2D eigenvalue weighted by atomic mass is 16.5. The molecule has 0 amide bonds. The minimum atomic E-state index is 0.0705. The van der Waals surface area contributed by atoms with Crippen molar-refractivity contribution in [2.45, 2.75) is 32.2 Å². The summed E-state index contributed by atoms with van der Waals surface area (Å²) in [6.07, 6.45) is 5.00. The molecule has 84 valence electrons. The molecule has 0 fully saturated rings. The van der Waals surface area contributed by atoms with Crippen LogP contribution in [0.2, 0.25) is 0 Å². The predicted molar refractivity (Wildman–Crippen MR) is 60.4 cm³/mol. The zero-order valence-electron chi connectivity index (χ0n) is 9.36. The fraction of sp³-hybridized carbons (Fsp3) is 0.545. The normalized spacial score (nSPS) is 12.5. The van der Waals surface area contributed by atoms with E-state index in [1.54, 1.807) is 13.3 Å². The van der Waals surface area contributed by atoms with Gasteiger partial charge in [0.05, 0.1) is 13.2 Å². The summed E-state index contributed by atoms with van der Waals surface area (Å²) in [7, 11) is 1.65. The van der Waals surface area contributed by atoms with Crippen molar-refractivity contribution in [2.24, 2.45) is 5.84 Å². The van der Waals surface area contributed by atoms with Crippen LogP contribution < -0.4 is 16.0 Å². The maximum Gasteiger partial charge on any atom is 0.142 e. The van der Waals surface area contributed by atoms with Gasteiger partial charge in [-0.2, -0.15) is 0 Å². The Balaban J connectivity index is 2.80. The number of rotatable bonds is 6. The molecule has 0 spiro atoms. The van der Waals surface area contributed by atoms with Crippen LogP contribution >= 0.6 is 0 Å². The number of nitrogens with two attached hydrogens (primary N) is 1. The Bertz CT molecular complexity index is 291. The molecule has 4 heteroatoms. The number of hydrazine groups is 1. The summed E-state index contributed by atoms with van der Waals surface area (Å²) in [4.78, 5) is 4.31. The van der Waals surface area contributed by atoms with E-state index in [0.717, 1.165) is 30.7 Å². The number of methoxy groups -OCH3 is 1. The molecule has 0 aliphatic heterocycles. The molecule has 4 nitrogen and oxygen atoms in total. The van der Waals surface area contributed by atoms with Gasteiger partial charge >= 0.3 is 0 Å². The monoisotopic (exact) mass is 209 g/mol. The number of aromatic nitrogens is 1. The van der Waals surface area contributed by atoms with Crippen LogP contribution in [0.5, 0.6) is 5.75 Å². The summed E-state index contributed by atoms with van der Waals surface area (Å²) in [5.41, 5.74) is 3.67. The molecule has 1 atom stereocenters. The van der Waals surface area contributed by atoms with E-state index >= 15 is 0 Å². The number of pyridine rings is 1. The number of hydrogen-bond acceptors (Lipinski definition) is 4. The Kier molecular flexibility index (Phi) is 5.07. The molecule has 3 N–H and O–H groups in total. The minimum Gasteiger partial charge on any atom is -0.495 e. The van der Waals surface area contributed by atoms with Gasteiger partial charge < -0.3 is 4.74 Å². The van der Waals surface area contributed by atoms with E-state index in [4.69, 9.17) is 10.6 Å². The van der Waals surface area contributed by atoms with Crippen LogP contribution in [-0.4, -0.2) is 12.1 Å². The maximum absolute atomic E-state index is 5.52. The van der Waals surface area contributed by atoms with Gasteiger partial charge in [-0.05, 0) is 18.6 Å². The summed E-state index contributed by atoms with van der Waals surface area (Å²) in [6.45, 7) is 2.16. The second kappa shape index (κ2) is 6.37. The first-order chi connectivity index (χ1) is 7.33. The van der Waals surface area contributed by atoms with E-state index in [0.29, 0.717) is 0 Å². The van der Waals surface area contributed by atoms with Gasteiger partial charge in [0.25, 0.3) is 0 Å². The van der Waals surface area contributed by atoms with Crippen molar-refractivity contribution < 1.29 is 4.74 Å². The van der Waals surface area contributed by atoms with Crippen LogP contribution in [0.3, 0.4) is 0 Å². The van der Waals surface area contributed by atoms with Gasteiger partial charge in [0.1, 0.15) is 11.4 Å². The van der Waals surface area contributed by atoms with Gasteiger partial charge in [0, 0.05) is 6.20 Å². The molecule has 0 saturated heterocycles. The van der Waals surface area contributed by atoms with Gasteiger partial charge in [0.15, 0.2) is 0 Å². The number of nitrogens with one attached hydrogen (secondary N) is 1. The molecule has 15 heavy (non-hydrogen) atoms. The van der Waals surface area contributed by atoms with Crippen molar-refractivity contribution in [1.82, 2.24) is 10.4 Å². The number of nitrogens with zero attached hydrogens (tertiary/aromatic N) is 1. The smallest absolute Gasteiger partial charge is 0.142 e. The Morgan fingerprint density at radius 3 is 3.00 bits per heavy atom. The Morgan fingerprint density at radius 1 is 1.60 bits per heavy atom. The summed E-state index contributed by atoms with van der Waals surface area (Å²) < 4.78 is 5.25. The van der Waals surface area contributed by atoms with Gasteiger partial charge in [-0.1, -0.05) is 19.8 Å². The van der Waals surface area contributed by atoms with E-state index < -0.39 is 0 Å². The molecule has 0 aromatic carbocycles. The van der Waals surface area contributed by atoms with Crippen molar-refractivity contribution in [1.29, 1.82) is 0 Å². The van der Waals surface area contributed by atoms with Gasteiger partial charge in [-0.15, -0.1) is 0 Å². The van der Waals surface area contributed by atoms with E-state index in [-0.39, 0.29) is 6.04 Å². The van der Waals surface area contributed by atoms with E-state index in [1.807, 2.05) is 12.1 Å². The highest BCUT2D eigenvalue weighted by molar-refractivity contribution is 5.29. The fourth-order valence-corrected chi connectivity index (χ4v) is 1.54. The molecule has 0 radical (unpaired) electrons. The van der Waals surface area contributed by atoms with Crippen molar-refractivity contribution in [3.8, 4) is 5.75 Å². The molecule has 1 aromatic rings.